The Morgan fingerprint density at radius 2 is 1.96 bits per heavy atom. The molecule has 0 aromatic heterocycles. The highest BCUT2D eigenvalue weighted by atomic mass is 16.5. The molecule has 0 spiro atoms. The zero-order valence-electron chi connectivity index (χ0n) is 13.7. The van der Waals surface area contributed by atoms with Crippen LogP contribution in [0.25, 0.3) is 0 Å². The van der Waals surface area contributed by atoms with Crippen LogP contribution in [-0.2, 0) is 16.1 Å². The van der Waals surface area contributed by atoms with Crippen molar-refractivity contribution in [3.05, 3.63) is 35.9 Å². The maximum absolute atomic E-state index is 12.9. The van der Waals surface area contributed by atoms with Crippen LogP contribution in [0.5, 0.6) is 0 Å². The van der Waals surface area contributed by atoms with Gasteiger partial charge in [0.15, 0.2) is 0 Å². The quantitative estimate of drug-likeness (QED) is 0.855. The molecule has 0 radical (unpaired) electrons. The maximum Gasteiger partial charge on any atom is 0.253 e. The highest BCUT2D eigenvalue weighted by Gasteiger charge is 2.42. The Labute approximate surface area is 138 Å². The fourth-order valence-corrected chi connectivity index (χ4v) is 4.06. The van der Waals surface area contributed by atoms with Crippen LogP contribution >= 0.6 is 0 Å². The summed E-state index contributed by atoms with van der Waals surface area (Å²) in [5.74, 6) is 1.00. The molecular formula is C19H26N2O2. The van der Waals surface area contributed by atoms with Gasteiger partial charge in [0, 0.05) is 32.2 Å². The van der Waals surface area contributed by atoms with Crippen molar-refractivity contribution in [3.8, 4) is 0 Å². The van der Waals surface area contributed by atoms with Crippen LogP contribution in [0.4, 0.5) is 0 Å². The van der Waals surface area contributed by atoms with E-state index >= 15 is 0 Å². The zero-order valence-corrected chi connectivity index (χ0v) is 13.7. The van der Waals surface area contributed by atoms with Gasteiger partial charge in [-0.1, -0.05) is 30.3 Å². The van der Waals surface area contributed by atoms with Crippen molar-refractivity contribution >= 4 is 5.91 Å². The van der Waals surface area contributed by atoms with Crippen molar-refractivity contribution in [2.75, 3.05) is 26.2 Å². The van der Waals surface area contributed by atoms with E-state index in [1.807, 2.05) is 6.07 Å². The van der Waals surface area contributed by atoms with E-state index in [0.29, 0.717) is 12.6 Å². The lowest BCUT2D eigenvalue weighted by Gasteiger charge is -2.35. The molecule has 4 nitrogen and oxygen atoms in total. The van der Waals surface area contributed by atoms with Gasteiger partial charge in [-0.2, -0.15) is 0 Å². The van der Waals surface area contributed by atoms with Gasteiger partial charge in [0.05, 0.1) is 6.61 Å². The van der Waals surface area contributed by atoms with Crippen molar-refractivity contribution in [1.82, 2.24) is 9.80 Å². The SMILES string of the molecule is O=C([C@H]1CN(Cc2ccccc2)CCO1)N1CCC[C@@H]1C1CC1. The molecule has 0 bridgehead atoms. The number of carbonyl (C=O) groups is 1. The molecule has 2 atom stereocenters. The summed E-state index contributed by atoms with van der Waals surface area (Å²) in [6, 6.07) is 11.0. The summed E-state index contributed by atoms with van der Waals surface area (Å²) < 4.78 is 5.84. The van der Waals surface area contributed by atoms with E-state index in [0.717, 1.165) is 38.5 Å². The second kappa shape index (κ2) is 6.62. The topological polar surface area (TPSA) is 32.8 Å². The number of nitrogens with zero attached hydrogens (tertiary/aromatic N) is 2. The molecule has 1 amide bonds. The third-order valence-corrected chi connectivity index (χ3v) is 5.42. The minimum absolute atomic E-state index is 0.233. The largest absolute Gasteiger partial charge is 0.366 e. The van der Waals surface area contributed by atoms with E-state index in [4.69, 9.17) is 4.74 Å². The molecule has 2 aliphatic heterocycles. The van der Waals surface area contributed by atoms with Crippen molar-refractivity contribution in [1.29, 1.82) is 0 Å². The molecule has 124 valence electrons. The minimum atomic E-state index is -0.271. The number of carbonyl (C=O) groups excluding carboxylic acids is 1. The van der Waals surface area contributed by atoms with Crippen LogP contribution in [0.2, 0.25) is 0 Å². The predicted molar refractivity (Wildman–Crippen MR) is 88.9 cm³/mol. The van der Waals surface area contributed by atoms with E-state index in [2.05, 4.69) is 34.1 Å². The van der Waals surface area contributed by atoms with Crippen molar-refractivity contribution in [2.24, 2.45) is 5.92 Å². The van der Waals surface area contributed by atoms with E-state index in [1.165, 1.54) is 24.8 Å². The summed E-state index contributed by atoms with van der Waals surface area (Å²) in [4.78, 5) is 17.4. The van der Waals surface area contributed by atoms with Crippen molar-refractivity contribution < 1.29 is 9.53 Å². The molecule has 1 aliphatic carbocycles. The number of hydrogen-bond donors (Lipinski definition) is 0. The average Bonchev–Trinajstić information content (AvgIpc) is 3.32. The van der Waals surface area contributed by atoms with Crippen LogP contribution in [0.1, 0.15) is 31.2 Å². The van der Waals surface area contributed by atoms with Gasteiger partial charge >= 0.3 is 0 Å². The Morgan fingerprint density at radius 1 is 1.13 bits per heavy atom. The van der Waals surface area contributed by atoms with E-state index < -0.39 is 0 Å². The van der Waals surface area contributed by atoms with Crippen LogP contribution in [0.15, 0.2) is 30.3 Å². The Bertz CT molecular complexity index is 544. The first-order valence-electron chi connectivity index (χ1n) is 8.99. The molecule has 1 aromatic carbocycles. The Balaban J connectivity index is 1.37. The van der Waals surface area contributed by atoms with Gasteiger partial charge in [0.2, 0.25) is 0 Å². The normalized spacial score (nSPS) is 29.0. The first-order valence-corrected chi connectivity index (χ1v) is 8.99. The number of likely N-dealkylation sites (tertiary alicyclic amines) is 1. The van der Waals surface area contributed by atoms with Crippen LogP contribution in [-0.4, -0.2) is 54.1 Å². The Morgan fingerprint density at radius 3 is 2.74 bits per heavy atom. The molecular weight excluding hydrogens is 288 g/mol. The molecule has 1 aromatic rings. The van der Waals surface area contributed by atoms with Gasteiger partial charge in [-0.25, -0.2) is 0 Å². The van der Waals surface area contributed by atoms with E-state index in [-0.39, 0.29) is 12.0 Å². The monoisotopic (exact) mass is 314 g/mol. The molecule has 0 unspecified atom stereocenters. The smallest absolute Gasteiger partial charge is 0.253 e. The van der Waals surface area contributed by atoms with E-state index in [1.54, 1.807) is 0 Å². The zero-order chi connectivity index (χ0) is 15.6. The summed E-state index contributed by atoms with van der Waals surface area (Å²) >= 11 is 0. The number of benzene rings is 1. The molecule has 23 heavy (non-hydrogen) atoms. The average molecular weight is 314 g/mol. The lowest BCUT2D eigenvalue weighted by atomic mass is 10.1. The second-order valence-corrected chi connectivity index (χ2v) is 7.16. The summed E-state index contributed by atoms with van der Waals surface area (Å²) in [7, 11) is 0. The van der Waals surface area contributed by atoms with Gasteiger partial charge in [-0.05, 0) is 37.2 Å². The van der Waals surface area contributed by atoms with Crippen LogP contribution in [0, 0.1) is 5.92 Å². The summed E-state index contributed by atoms with van der Waals surface area (Å²) in [6.07, 6.45) is 4.69. The number of morpholine rings is 1. The third kappa shape index (κ3) is 3.43. The Kier molecular flexibility index (Phi) is 4.36. The van der Waals surface area contributed by atoms with Gasteiger partial charge < -0.3 is 9.64 Å². The fourth-order valence-electron chi connectivity index (χ4n) is 4.06. The van der Waals surface area contributed by atoms with Crippen molar-refractivity contribution in [3.63, 3.8) is 0 Å². The maximum atomic E-state index is 12.9. The number of hydrogen-bond acceptors (Lipinski definition) is 3. The number of rotatable bonds is 4. The van der Waals surface area contributed by atoms with Gasteiger partial charge in [-0.15, -0.1) is 0 Å². The van der Waals surface area contributed by atoms with E-state index in [9.17, 15) is 4.79 Å². The Hall–Kier alpha value is -1.39. The molecule has 4 rings (SSSR count). The summed E-state index contributed by atoms with van der Waals surface area (Å²) in [6.45, 7) is 4.12. The summed E-state index contributed by atoms with van der Waals surface area (Å²) in [5, 5.41) is 0. The lowest BCUT2D eigenvalue weighted by Crippen LogP contribution is -2.52. The molecule has 2 saturated heterocycles. The fraction of sp³-hybridized carbons (Fsp3) is 0.632. The molecule has 3 aliphatic rings. The number of amides is 1. The van der Waals surface area contributed by atoms with Gasteiger partial charge in [0.1, 0.15) is 6.10 Å². The minimum Gasteiger partial charge on any atom is -0.366 e. The summed E-state index contributed by atoms with van der Waals surface area (Å²) in [5.41, 5.74) is 1.30. The standard InChI is InChI=1S/C19H26N2O2/c22-19(21-10-4-7-17(21)16-8-9-16)18-14-20(11-12-23-18)13-15-5-2-1-3-6-15/h1-3,5-6,16-18H,4,7-14H2/t17-,18-/m1/s1. The first kappa shape index (κ1) is 15.2. The molecule has 1 saturated carbocycles. The highest BCUT2D eigenvalue weighted by Crippen LogP contribution is 2.40. The first-order chi connectivity index (χ1) is 11.3. The van der Waals surface area contributed by atoms with Gasteiger partial charge in [-0.3, -0.25) is 9.69 Å². The predicted octanol–water partition coefficient (Wildman–Crippen LogP) is 2.29. The molecule has 0 N–H and O–H groups in total. The second-order valence-electron chi connectivity index (χ2n) is 7.16. The van der Waals surface area contributed by atoms with Crippen molar-refractivity contribution in [2.45, 2.75) is 44.4 Å². The molecule has 2 heterocycles. The van der Waals surface area contributed by atoms with Crippen LogP contribution < -0.4 is 0 Å². The third-order valence-electron chi connectivity index (χ3n) is 5.42. The highest BCUT2D eigenvalue weighted by molar-refractivity contribution is 5.82. The molecule has 3 fully saturated rings. The van der Waals surface area contributed by atoms with Crippen LogP contribution in [0.3, 0.4) is 0 Å². The number of ether oxygens (including phenoxy) is 1. The van der Waals surface area contributed by atoms with Gasteiger partial charge in [0.25, 0.3) is 5.91 Å². The molecule has 4 heteroatoms. The lowest BCUT2D eigenvalue weighted by molar-refractivity contribution is -0.151.